The second-order valence-electron chi connectivity index (χ2n) is 8.26. The number of benzene rings is 3. The Morgan fingerprint density at radius 2 is 1.76 bits per heavy atom. The summed E-state index contributed by atoms with van der Waals surface area (Å²) in [6.45, 7) is 2.13. The second-order valence-corrected chi connectivity index (χ2v) is 8.26. The zero-order valence-corrected chi connectivity index (χ0v) is 18.5. The van der Waals surface area contributed by atoms with Gasteiger partial charge in [-0.1, -0.05) is 18.2 Å². The molecule has 3 aromatic rings. The molecule has 34 heavy (non-hydrogen) atoms. The van der Waals surface area contributed by atoms with Crippen LogP contribution in [0.25, 0.3) is 0 Å². The van der Waals surface area contributed by atoms with Gasteiger partial charge in [-0.25, -0.2) is 9.18 Å². The van der Waals surface area contributed by atoms with Gasteiger partial charge in [0, 0.05) is 37.4 Å². The lowest BCUT2D eigenvalue weighted by Crippen LogP contribution is -2.49. The summed E-state index contributed by atoms with van der Waals surface area (Å²) < 4.78 is 24.2. The maximum Gasteiger partial charge on any atom is 0.324 e. The van der Waals surface area contributed by atoms with Crippen LogP contribution in [0, 0.1) is 5.82 Å². The van der Waals surface area contributed by atoms with Gasteiger partial charge in [0.1, 0.15) is 5.82 Å². The highest BCUT2D eigenvalue weighted by Gasteiger charge is 2.27. The number of urea groups is 1. The second kappa shape index (κ2) is 9.43. The number of carbonyl (C=O) groups excluding carboxylic acids is 2. The summed E-state index contributed by atoms with van der Waals surface area (Å²) in [5, 5.41) is 2.90. The number of nitrogens with zero attached hydrogens (tertiary/aromatic N) is 2. The van der Waals surface area contributed by atoms with Crippen molar-refractivity contribution in [3.05, 3.63) is 89.2 Å². The fourth-order valence-electron chi connectivity index (χ4n) is 4.15. The molecular weight excluding hydrogens is 437 g/mol. The van der Waals surface area contributed by atoms with Crippen molar-refractivity contribution in [1.29, 1.82) is 0 Å². The molecule has 5 rings (SSSR count). The highest BCUT2D eigenvalue weighted by molar-refractivity contribution is 5.96. The van der Waals surface area contributed by atoms with Crippen LogP contribution in [0.2, 0.25) is 0 Å². The molecule has 0 bridgehead atoms. The van der Waals surface area contributed by atoms with Crippen molar-refractivity contribution < 1.29 is 23.5 Å². The van der Waals surface area contributed by atoms with E-state index in [0.29, 0.717) is 43.2 Å². The minimum atomic E-state index is -0.314. The van der Waals surface area contributed by atoms with Crippen LogP contribution in [0.15, 0.2) is 66.7 Å². The van der Waals surface area contributed by atoms with E-state index in [2.05, 4.69) is 5.32 Å². The molecule has 0 aliphatic carbocycles. The number of halogens is 1. The summed E-state index contributed by atoms with van der Waals surface area (Å²) >= 11 is 0. The lowest BCUT2D eigenvalue weighted by molar-refractivity contribution is 0.0951. The van der Waals surface area contributed by atoms with Gasteiger partial charge in [-0.3, -0.25) is 9.69 Å². The van der Waals surface area contributed by atoms with E-state index in [-0.39, 0.29) is 24.5 Å². The fraction of sp³-hybridized carbons (Fsp3) is 0.231. The van der Waals surface area contributed by atoms with E-state index in [1.54, 1.807) is 40.1 Å². The molecule has 2 heterocycles. The molecule has 0 atom stereocenters. The zero-order valence-electron chi connectivity index (χ0n) is 18.5. The van der Waals surface area contributed by atoms with E-state index < -0.39 is 0 Å². The summed E-state index contributed by atoms with van der Waals surface area (Å²) in [5.41, 5.74) is 2.89. The van der Waals surface area contributed by atoms with E-state index in [1.807, 2.05) is 24.3 Å². The summed E-state index contributed by atoms with van der Waals surface area (Å²) in [7, 11) is 0. The number of ether oxygens (including phenoxy) is 2. The molecule has 1 saturated heterocycles. The average Bonchev–Trinajstić information content (AvgIpc) is 3.32. The van der Waals surface area contributed by atoms with Gasteiger partial charge in [-0.15, -0.1) is 0 Å². The van der Waals surface area contributed by atoms with Crippen LogP contribution >= 0.6 is 0 Å². The molecular formula is C26H24FN3O4. The number of anilines is 1. The van der Waals surface area contributed by atoms with Crippen LogP contribution in [-0.4, -0.2) is 36.7 Å². The summed E-state index contributed by atoms with van der Waals surface area (Å²) in [6, 6.07) is 18.7. The minimum absolute atomic E-state index is 0.129. The molecule has 174 valence electrons. The first kappa shape index (κ1) is 21.8. The third kappa shape index (κ3) is 4.66. The molecule has 1 fully saturated rings. The first-order chi connectivity index (χ1) is 16.6. The molecule has 3 aromatic carbocycles. The summed E-state index contributed by atoms with van der Waals surface area (Å²) in [4.78, 5) is 29.0. The summed E-state index contributed by atoms with van der Waals surface area (Å²) in [6.07, 6.45) is 0.804. The molecule has 0 aromatic heterocycles. The van der Waals surface area contributed by atoms with Gasteiger partial charge in [-0.05, 0) is 66.1 Å². The molecule has 1 N–H and O–H groups in total. The molecule has 2 aliphatic rings. The molecule has 7 nitrogen and oxygen atoms in total. The lowest BCUT2D eigenvalue weighted by atomic mass is 10.1. The lowest BCUT2D eigenvalue weighted by Gasteiger charge is -2.35. The SMILES string of the molecule is O=C(NCc1ccc2c(c1)OCO2)c1ccc(N2CCCN(Cc3cccc(F)c3)C2=O)cc1. The van der Waals surface area contributed by atoms with Crippen LogP contribution in [-0.2, 0) is 13.1 Å². The van der Waals surface area contributed by atoms with Crippen molar-refractivity contribution in [1.82, 2.24) is 10.2 Å². The highest BCUT2D eigenvalue weighted by atomic mass is 19.1. The maximum absolute atomic E-state index is 13.5. The van der Waals surface area contributed by atoms with Gasteiger partial charge in [0.15, 0.2) is 11.5 Å². The quantitative estimate of drug-likeness (QED) is 0.594. The largest absolute Gasteiger partial charge is 0.454 e. The molecule has 0 radical (unpaired) electrons. The van der Waals surface area contributed by atoms with E-state index >= 15 is 0 Å². The van der Waals surface area contributed by atoms with Gasteiger partial charge in [0.05, 0.1) is 0 Å². The van der Waals surface area contributed by atoms with E-state index in [9.17, 15) is 14.0 Å². The van der Waals surface area contributed by atoms with E-state index in [4.69, 9.17) is 9.47 Å². The molecule has 0 spiro atoms. The number of hydrogen-bond acceptors (Lipinski definition) is 4. The first-order valence-corrected chi connectivity index (χ1v) is 11.1. The van der Waals surface area contributed by atoms with E-state index in [0.717, 1.165) is 23.2 Å². The monoisotopic (exact) mass is 461 g/mol. The molecule has 3 amide bonds. The van der Waals surface area contributed by atoms with Gasteiger partial charge in [0.2, 0.25) is 6.79 Å². The Morgan fingerprint density at radius 3 is 2.59 bits per heavy atom. The minimum Gasteiger partial charge on any atom is -0.454 e. The van der Waals surface area contributed by atoms with Crippen LogP contribution in [0.4, 0.5) is 14.9 Å². The Balaban J connectivity index is 1.20. The molecule has 0 unspecified atom stereocenters. The molecule has 8 heteroatoms. The van der Waals surface area contributed by atoms with Gasteiger partial charge in [-0.2, -0.15) is 0 Å². The Bertz CT molecular complexity index is 1210. The smallest absolute Gasteiger partial charge is 0.324 e. The van der Waals surface area contributed by atoms with Crippen LogP contribution in [0.1, 0.15) is 27.9 Å². The van der Waals surface area contributed by atoms with Crippen molar-refractivity contribution in [3.63, 3.8) is 0 Å². The van der Waals surface area contributed by atoms with Gasteiger partial charge < -0.3 is 19.7 Å². The maximum atomic E-state index is 13.5. The molecule has 2 aliphatic heterocycles. The molecule has 0 saturated carbocycles. The standard InChI is InChI=1S/C26H24FN3O4/c27-21-4-1-3-19(13-21)16-29-11-2-12-30(26(29)32)22-8-6-20(7-9-22)25(31)28-15-18-5-10-23-24(14-18)34-17-33-23/h1,3-10,13-14H,2,11-12,15-17H2,(H,28,31). The van der Waals surface area contributed by atoms with Crippen LogP contribution in [0.5, 0.6) is 11.5 Å². The Labute approximate surface area is 196 Å². The number of amides is 3. The van der Waals surface area contributed by atoms with E-state index in [1.165, 1.54) is 12.1 Å². The van der Waals surface area contributed by atoms with Crippen LogP contribution < -0.4 is 19.7 Å². The topological polar surface area (TPSA) is 71.1 Å². The predicted molar refractivity (Wildman–Crippen MR) is 124 cm³/mol. The number of fused-ring (bicyclic) bond motifs is 1. The summed E-state index contributed by atoms with van der Waals surface area (Å²) in [5.74, 6) is 0.856. The normalized spacial score (nSPS) is 14.9. The van der Waals surface area contributed by atoms with Crippen molar-refractivity contribution in [3.8, 4) is 11.5 Å². The Hall–Kier alpha value is -4.07. The van der Waals surface area contributed by atoms with Crippen molar-refractivity contribution in [2.45, 2.75) is 19.5 Å². The van der Waals surface area contributed by atoms with Gasteiger partial charge >= 0.3 is 6.03 Å². The van der Waals surface area contributed by atoms with Crippen molar-refractivity contribution >= 4 is 17.6 Å². The average molecular weight is 461 g/mol. The Kier molecular flexibility index (Phi) is 6.03. The number of nitrogens with one attached hydrogen (secondary N) is 1. The number of hydrogen-bond donors (Lipinski definition) is 1. The Morgan fingerprint density at radius 1 is 0.941 bits per heavy atom. The van der Waals surface area contributed by atoms with Gasteiger partial charge in [0.25, 0.3) is 5.91 Å². The number of carbonyl (C=O) groups is 2. The van der Waals surface area contributed by atoms with Crippen molar-refractivity contribution in [2.75, 3.05) is 24.8 Å². The van der Waals surface area contributed by atoms with Crippen LogP contribution in [0.3, 0.4) is 0 Å². The predicted octanol–water partition coefficient (Wildman–Crippen LogP) is 4.32. The zero-order chi connectivity index (χ0) is 23.5. The number of rotatable bonds is 6. The first-order valence-electron chi connectivity index (χ1n) is 11.1. The van der Waals surface area contributed by atoms with Crippen molar-refractivity contribution in [2.24, 2.45) is 0 Å². The highest BCUT2D eigenvalue weighted by Crippen LogP contribution is 2.32. The third-order valence-electron chi connectivity index (χ3n) is 5.90. The fourth-order valence-corrected chi connectivity index (χ4v) is 4.15. The third-order valence-corrected chi connectivity index (χ3v) is 5.90.